The Hall–Kier alpha value is -2.78. The molecule has 0 spiro atoms. The topological polar surface area (TPSA) is 75.8 Å². The zero-order valence-corrected chi connectivity index (χ0v) is 19.1. The van der Waals surface area contributed by atoms with Crippen molar-refractivity contribution in [3.8, 4) is 11.5 Å². The van der Waals surface area contributed by atoms with E-state index in [4.69, 9.17) is 14.1 Å². The van der Waals surface area contributed by atoms with E-state index in [0.29, 0.717) is 25.4 Å². The highest BCUT2D eigenvalue weighted by atomic mass is 32.1. The van der Waals surface area contributed by atoms with Gasteiger partial charge in [0.05, 0.1) is 17.9 Å². The molecule has 31 heavy (non-hydrogen) atoms. The van der Waals surface area contributed by atoms with Crippen LogP contribution >= 0.6 is 11.3 Å². The first-order valence-electron chi connectivity index (χ1n) is 10.2. The second-order valence-corrected chi connectivity index (χ2v) is 7.94. The molecule has 9 heteroatoms. The maximum atomic E-state index is 13.1. The van der Waals surface area contributed by atoms with Gasteiger partial charge in [0, 0.05) is 44.6 Å². The van der Waals surface area contributed by atoms with E-state index in [2.05, 4.69) is 20.7 Å². The molecule has 1 atom stereocenters. The Balaban J connectivity index is 1.59. The van der Waals surface area contributed by atoms with Gasteiger partial charge in [-0.05, 0) is 38.1 Å². The number of nitrogens with one attached hydrogen (secondary N) is 1. The molecule has 0 saturated heterocycles. The van der Waals surface area contributed by atoms with Gasteiger partial charge in [-0.25, -0.2) is 14.4 Å². The number of hydrogen-bond acceptors (Lipinski definition) is 6. The van der Waals surface area contributed by atoms with Crippen LogP contribution in [0.2, 0.25) is 0 Å². The Morgan fingerprint density at radius 3 is 2.77 bits per heavy atom. The second kappa shape index (κ2) is 11.0. The third kappa shape index (κ3) is 6.35. The molecular formula is C22H28FN5O2S. The third-order valence-electron chi connectivity index (χ3n) is 4.64. The van der Waals surface area contributed by atoms with Gasteiger partial charge in [-0.15, -0.1) is 11.3 Å². The number of halogens is 1. The fourth-order valence-corrected chi connectivity index (χ4v) is 3.74. The molecule has 2 aromatic heterocycles. The molecule has 7 nitrogen and oxygen atoms in total. The third-order valence-corrected chi connectivity index (χ3v) is 5.69. The Morgan fingerprint density at radius 2 is 2.06 bits per heavy atom. The number of ether oxygens (including phenoxy) is 1. The lowest BCUT2D eigenvalue weighted by molar-refractivity contribution is 0.119. The molecule has 0 aliphatic carbocycles. The smallest absolute Gasteiger partial charge is 0.226 e. The summed E-state index contributed by atoms with van der Waals surface area (Å²) in [5, 5.41) is 6.33. The van der Waals surface area contributed by atoms with Crippen molar-refractivity contribution in [2.24, 2.45) is 4.99 Å². The lowest BCUT2D eigenvalue weighted by Crippen LogP contribution is -2.38. The van der Waals surface area contributed by atoms with E-state index in [1.807, 2.05) is 25.8 Å². The first-order chi connectivity index (χ1) is 15.0. The molecule has 3 aromatic rings. The molecule has 0 amide bonds. The molecule has 0 bridgehead atoms. The van der Waals surface area contributed by atoms with Crippen LogP contribution in [0.1, 0.15) is 36.3 Å². The van der Waals surface area contributed by atoms with E-state index in [-0.39, 0.29) is 11.9 Å². The largest absolute Gasteiger partial charge is 0.444 e. The molecule has 0 radical (unpaired) electrons. The molecule has 0 aliphatic rings. The number of oxazole rings is 1. The van der Waals surface area contributed by atoms with Gasteiger partial charge >= 0.3 is 0 Å². The van der Waals surface area contributed by atoms with E-state index in [0.717, 1.165) is 34.5 Å². The molecule has 2 heterocycles. The standard InChI is InChI=1S/C22H28FN5O2S/c1-5-24-22(28(3)12-19-14-31-21(27-19)15(2)29-4)25-11-10-18-13-30-20(26-18)16-6-8-17(23)9-7-16/h6-9,13-15H,5,10-12H2,1-4H3,(H,24,25). The van der Waals surface area contributed by atoms with Gasteiger partial charge in [0.25, 0.3) is 0 Å². The number of hydrogen-bond donors (Lipinski definition) is 1. The Bertz CT molecular complexity index is 986. The summed E-state index contributed by atoms with van der Waals surface area (Å²) in [6.07, 6.45) is 2.26. The summed E-state index contributed by atoms with van der Waals surface area (Å²) in [5.74, 6) is 0.999. The van der Waals surface area contributed by atoms with Gasteiger partial charge in [-0.2, -0.15) is 0 Å². The summed E-state index contributed by atoms with van der Waals surface area (Å²) in [6, 6.07) is 6.09. The number of aromatic nitrogens is 2. The van der Waals surface area contributed by atoms with Crippen molar-refractivity contribution in [3.05, 3.63) is 58.1 Å². The maximum absolute atomic E-state index is 13.1. The van der Waals surface area contributed by atoms with Crippen molar-refractivity contribution in [1.82, 2.24) is 20.2 Å². The number of aliphatic imine (C=N–C) groups is 1. The van der Waals surface area contributed by atoms with Crippen molar-refractivity contribution < 1.29 is 13.5 Å². The number of thiazole rings is 1. The van der Waals surface area contributed by atoms with Gasteiger partial charge in [0.15, 0.2) is 5.96 Å². The summed E-state index contributed by atoms with van der Waals surface area (Å²) < 4.78 is 24.0. The van der Waals surface area contributed by atoms with Gasteiger partial charge in [0.1, 0.15) is 23.2 Å². The minimum atomic E-state index is -0.285. The minimum Gasteiger partial charge on any atom is -0.444 e. The molecule has 0 fully saturated rings. The number of benzene rings is 1. The fourth-order valence-electron chi connectivity index (χ4n) is 2.89. The van der Waals surface area contributed by atoms with Crippen molar-refractivity contribution in [1.29, 1.82) is 0 Å². The van der Waals surface area contributed by atoms with Crippen LogP contribution in [0, 0.1) is 5.82 Å². The molecule has 3 rings (SSSR count). The van der Waals surface area contributed by atoms with Crippen molar-refractivity contribution >= 4 is 17.3 Å². The van der Waals surface area contributed by atoms with Crippen LogP contribution in [0.4, 0.5) is 4.39 Å². The van der Waals surface area contributed by atoms with Gasteiger partial charge in [-0.3, -0.25) is 4.99 Å². The van der Waals surface area contributed by atoms with Crippen LogP contribution < -0.4 is 5.32 Å². The summed E-state index contributed by atoms with van der Waals surface area (Å²) in [6.45, 7) is 6.01. The highest BCUT2D eigenvalue weighted by Crippen LogP contribution is 2.21. The van der Waals surface area contributed by atoms with Crippen LogP contribution in [0.25, 0.3) is 11.5 Å². The van der Waals surface area contributed by atoms with Crippen LogP contribution in [0.3, 0.4) is 0 Å². The number of rotatable bonds is 9. The fraction of sp³-hybridized carbons (Fsp3) is 0.409. The van der Waals surface area contributed by atoms with E-state index in [9.17, 15) is 4.39 Å². The Labute approximate surface area is 186 Å². The first-order valence-corrected chi connectivity index (χ1v) is 11.0. The van der Waals surface area contributed by atoms with E-state index in [1.165, 1.54) is 12.1 Å². The summed E-state index contributed by atoms with van der Waals surface area (Å²) >= 11 is 1.60. The average Bonchev–Trinajstić information content (AvgIpc) is 3.43. The van der Waals surface area contributed by atoms with Crippen LogP contribution in [0.15, 0.2) is 45.3 Å². The SMILES string of the molecule is CCNC(=NCCc1coc(-c2ccc(F)cc2)n1)N(C)Cc1csc(C(C)OC)n1. The van der Waals surface area contributed by atoms with Crippen molar-refractivity contribution in [2.45, 2.75) is 32.9 Å². The van der Waals surface area contributed by atoms with E-state index in [1.54, 1.807) is 36.8 Å². The van der Waals surface area contributed by atoms with E-state index >= 15 is 0 Å². The Kier molecular flexibility index (Phi) is 8.13. The van der Waals surface area contributed by atoms with Crippen LogP contribution in [-0.4, -0.2) is 48.1 Å². The maximum Gasteiger partial charge on any atom is 0.226 e. The normalized spacial score (nSPS) is 12.7. The predicted molar refractivity (Wildman–Crippen MR) is 121 cm³/mol. The predicted octanol–water partition coefficient (Wildman–Crippen LogP) is 4.28. The second-order valence-electron chi connectivity index (χ2n) is 7.05. The van der Waals surface area contributed by atoms with Crippen LogP contribution in [0.5, 0.6) is 0 Å². The molecule has 0 saturated carbocycles. The molecule has 1 unspecified atom stereocenters. The van der Waals surface area contributed by atoms with Gasteiger partial charge < -0.3 is 19.4 Å². The lowest BCUT2D eigenvalue weighted by atomic mass is 10.2. The summed E-state index contributed by atoms with van der Waals surface area (Å²) in [7, 11) is 3.67. The van der Waals surface area contributed by atoms with Crippen molar-refractivity contribution in [2.75, 3.05) is 27.2 Å². The molecule has 0 aliphatic heterocycles. The highest BCUT2D eigenvalue weighted by molar-refractivity contribution is 7.09. The highest BCUT2D eigenvalue weighted by Gasteiger charge is 2.13. The first kappa shape index (κ1) is 22.9. The number of nitrogens with zero attached hydrogens (tertiary/aromatic N) is 4. The minimum absolute atomic E-state index is 0.00628. The molecule has 1 aromatic carbocycles. The lowest BCUT2D eigenvalue weighted by Gasteiger charge is -2.21. The molecule has 166 valence electrons. The monoisotopic (exact) mass is 445 g/mol. The average molecular weight is 446 g/mol. The van der Waals surface area contributed by atoms with Gasteiger partial charge in [0.2, 0.25) is 5.89 Å². The molecular weight excluding hydrogens is 417 g/mol. The summed E-state index contributed by atoms with van der Waals surface area (Å²) in [5.41, 5.74) is 2.53. The van der Waals surface area contributed by atoms with Crippen molar-refractivity contribution in [3.63, 3.8) is 0 Å². The quantitative estimate of drug-likeness (QED) is 0.391. The van der Waals surface area contributed by atoms with Crippen LogP contribution in [-0.2, 0) is 17.7 Å². The number of guanidine groups is 1. The molecule has 1 N–H and O–H groups in total. The zero-order valence-electron chi connectivity index (χ0n) is 18.3. The van der Waals surface area contributed by atoms with E-state index < -0.39 is 0 Å². The summed E-state index contributed by atoms with van der Waals surface area (Å²) in [4.78, 5) is 15.9. The number of methoxy groups -OCH3 is 1. The Morgan fingerprint density at radius 1 is 1.29 bits per heavy atom. The van der Waals surface area contributed by atoms with Gasteiger partial charge in [-0.1, -0.05) is 0 Å². The zero-order chi connectivity index (χ0) is 22.2.